The third-order valence-electron chi connectivity index (χ3n) is 5.05. The molecule has 1 aliphatic rings. The Morgan fingerprint density at radius 1 is 1.14 bits per heavy atom. The summed E-state index contributed by atoms with van der Waals surface area (Å²) >= 11 is 0. The predicted molar refractivity (Wildman–Crippen MR) is 111 cm³/mol. The van der Waals surface area contributed by atoms with Gasteiger partial charge in [-0.2, -0.15) is 5.26 Å². The minimum absolute atomic E-state index is 0.154. The molecule has 1 fully saturated rings. The van der Waals surface area contributed by atoms with E-state index in [1.54, 1.807) is 25.3 Å². The lowest BCUT2D eigenvalue weighted by Gasteiger charge is -2.37. The standard InChI is InChI=1S/C22H25FN4O2/c1-29-21-10-5-4-9-20(21)26-15-13-25(14-16-26)17-22(28)27(12-6-11-24)19-8-3-2-7-18(19)23/h2-5,7-10H,6,12-17H2,1H3. The smallest absolute Gasteiger partial charge is 0.241 e. The fourth-order valence-electron chi connectivity index (χ4n) is 3.53. The van der Waals surface area contributed by atoms with E-state index in [0.717, 1.165) is 24.5 Å². The summed E-state index contributed by atoms with van der Waals surface area (Å²) in [7, 11) is 1.66. The Bertz CT molecular complexity index is 875. The summed E-state index contributed by atoms with van der Waals surface area (Å²) in [5.74, 6) is 0.176. The number of carbonyl (C=O) groups excluding carboxylic acids is 1. The molecule has 2 aromatic rings. The first-order valence-corrected chi connectivity index (χ1v) is 9.66. The highest BCUT2D eigenvalue weighted by Gasteiger charge is 2.24. The number of ether oxygens (including phenoxy) is 1. The van der Waals surface area contributed by atoms with Crippen LogP contribution in [-0.2, 0) is 4.79 Å². The summed E-state index contributed by atoms with van der Waals surface area (Å²) < 4.78 is 19.6. The van der Waals surface area contributed by atoms with Crippen LogP contribution in [0.5, 0.6) is 5.75 Å². The van der Waals surface area contributed by atoms with Crippen molar-refractivity contribution in [1.29, 1.82) is 5.26 Å². The maximum absolute atomic E-state index is 14.2. The highest BCUT2D eigenvalue weighted by molar-refractivity contribution is 5.95. The second-order valence-corrected chi connectivity index (χ2v) is 6.84. The molecular formula is C22H25FN4O2. The largest absolute Gasteiger partial charge is 0.495 e. The summed E-state index contributed by atoms with van der Waals surface area (Å²) in [4.78, 5) is 18.6. The molecular weight excluding hydrogens is 371 g/mol. The van der Waals surface area contributed by atoms with Gasteiger partial charge in [-0.25, -0.2) is 4.39 Å². The second-order valence-electron chi connectivity index (χ2n) is 6.84. The number of halogens is 1. The van der Waals surface area contributed by atoms with Crippen molar-refractivity contribution in [2.24, 2.45) is 0 Å². The molecule has 0 radical (unpaired) electrons. The van der Waals surface area contributed by atoms with Crippen molar-refractivity contribution < 1.29 is 13.9 Å². The van der Waals surface area contributed by atoms with Gasteiger partial charge in [-0.3, -0.25) is 9.69 Å². The zero-order valence-corrected chi connectivity index (χ0v) is 16.6. The van der Waals surface area contributed by atoms with Gasteiger partial charge in [0.2, 0.25) is 5.91 Å². The van der Waals surface area contributed by atoms with Crippen LogP contribution in [-0.4, -0.2) is 57.2 Å². The van der Waals surface area contributed by atoms with E-state index in [9.17, 15) is 9.18 Å². The molecule has 1 heterocycles. The quantitative estimate of drug-likeness (QED) is 0.720. The zero-order chi connectivity index (χ0) is 20.6. The first-order valence-electron chi connectivity index (χ1n) is 9.66. The van der Waals surface area contributed by atoms with E-state index < -0.39 is 5.82 Å². The molecule has 0 spiro atoms. The van der Waals surface area contributed by atoms with Crippen LogP contribution in [0.3, 0.4) is 0 Å². The Morgan fingerprint density at radius 3 is 2.52 bits per heavy atom. The molecule has 0 unspecified atom stereocenters. The number of amides is 1. The second kappa shape index (κ2) is 9.89. The first-order chi connectivity index (χ1) is 14.1. The van der Waals surface area contributed by atoms with E-state index in [-0.39, 0.29) is 31.1 Å². The van der Waals surface area contributed by atoms with Gasteiger partial charge in [0.05, 0.1) is 37.5 Å². The number of nitrogens with zero attached hydrogens (tertiary/aromatic N) is 4. The molecule has 7 heteroatoms. The minimum atomic E-state index is -0.459. The fourth-order valence-corrected chi connectivity index (χ4v) is 3.53. The van der Waals surface area contributed by atoms with Gasteiger partial charge in [0.15, 0.2) is 0 Å². The lowest BCUT2D eigenvalue weighted by Crippen LogP contribution is -2.50. The van der Waals surface area contributed by atoms with E-state index in [2.05, 4.69) is 9.80 Å². The summed E-state index contributed by atoms with van der Waals surface area (Å²) in [5.41, 5.74) is 1.27. The number of methoxy groups -OCH3 is 1. The molecule has 1 amide bonds. The monoisotopic (exact) mass is 396 g/mol. The van der Waals surface area contributed by atoms with Gasteiger partial charge < -0.3 is 14.5 Å². The van der Waals surface area contributed by atoms with Crippen LogP contribution in [0.2, 0.25) is 0 Å². The first kappa shape index (κ1) is 20.6. The van der Waals surface area contributed by atoms with Crippen LogP contribution in [0, 0.1) is 17.1 Å². The third kappa shape index (κ3) is 5.04. The number of piperazine rings is 1. The summed E-state index contributed by atoms with van der Waals surface area (Å²) in [6.07, 6.45) is 0.154. The molecule has 152 valence electrons. The highest BCUT2D eigenvalue weighted by Crippen LogP contribution is 2.28. The maximum atomic E-state index is 14.2. The molecule has 0 saturated carbocycles. The molecule has 0 aliphatic carbocycles. The zero-order valence-electron chi connectivity index (χ0n) is 16.6. The van der Waals surface area contributed by atoms with Crippen molar-refractivity contribution in [2.45, 2.75) is 6.42 Å². The van der Waals surface area contributed by atoms with Crippen LogP contribution >= 0.6 is 0 Å². The van der Waals surface area contributed by atoms with Crippen LogP contribution in [0.25, 0.3) is 0 Å². The number of carbonyl (C=O) groups is 1. The average Bonchev–Trinajstić information content (AvgIpc) is 2.75. The van der Waals surface area contributed by atoms with Gasteiger partial charge in [0.1, 0.15) is 11.6 Å². The molecule has 29 heavy (non-hydrogen) atoms. The number of benzene rings is 2. The Labute approximate surface area is 170 Å². The molecule has 3 rings (SSSR count). The molecule has 0 bridgehead atoms. The number of nitriles is 1. The van der Waals surface area contributed by atoms with Crippen molar-refractivity contribution in [3.63, 3.8) is 0 Å². The highest BCUT2D eigenvalue weighted by atomic mass is 19.1. The number of rotatable bonds is 7. The van der Waals surface area contributed by atoms with Crippen LogP contribution in [0.4, 0.5) is 15.8 Å². The van der Waals surface area contributed by atoms with Gasteiger partial charge in [-0.15, -0.1) is 0 Å². The summed E-state index contributed by atoms with van der Waals surface area (Å²) in [5, 5.41) is 8.91. The molecule has 0 atom stereocenters. The molecule has 0 aromatic heterocycles. The average molecular weight is 396 g/mol. The normalized spacial score (nSPS) is 14.3. The number of hydrogen-bond donors (Lipinski definition) is 0. The minimum Gasteiger partial charge on any atom is -0.495 e. The fraction of sp³-hybridized carbons (Fsp3) is 0.364. The van der Waals surface area contributed by atoms with E-state index in [1.165, 1.54) is 11.0 Å². The van der Waals surface area contributed by atoms with Gasteiger partial charge in [0.25, 0.3) is 0 Å². The van der Waals surface area contributed by atoms with Crippen molar-refractivity contribution in [3.05, 3.63) is 54.3 Å². The Morgan fingerprint density at radius 2 is 1.83 bits per heavy atom. The topological polar surface area (TPSA) is 59.8 Å². The SMILES string of the molecule is COc1ccccc1N1CCN(CC(=O)N(CCC#N)c2ccccc2F)CC1. The van der Waals surface area contributed by atoms with Gasteiger partial charge in [-0.05, 0) is 24.3 Å². The van der Waals surface area contributed by atoms with E-state index >= 15 is 0 Å². The third-order valence-corrected chi connectivity index (χ3v) is 5.05. The van der Waals surface area contributed by atoms with Crippen molar-refractivity contribution in [3.8, 4) is 11.8 Å². The summed E-state index contributed by atoms with van der Waals surface area (Å²) in [6, 6.07) is 16.1. The number of anilines is 2. The van der Waals surface area contributed by atoms with Crippen LogP contribution < -0.4 is 14.5 Å². The van der Waals surface area contributed by atoms with Gasteiger partial charge in [0, 0.05) is 32.7 Å². The molecule has 2 aromatic carbocycles. The van der Waals surface area contributed by atoms with E-state index in [0.29, 0.717) is 13.1 Å². The Kier molecular flexibility index (Phi) is 7.04. The Balaban J connectivity index is 1.63. The van der Waals surface area contributed by atoms with E-state index in [1.807, 2.05) is 30.3 Å². The number of para-hydroxylation sites is 3. The number of hydrogen-bond acceptors (Lipinski definition) is 5. The van der Waals surface area contributed by atoms with Crippen molar-refractivity contribution in [2.75, 3.05) is 56.2 Å². The lowest BCUT2D eigenvalue weighted by molar-refractivity contribution is -0.119. The molecule has 0 N–H and O–H groups in total. The lowest BCUT2D eigenvalue weighted by atomic mass is 10.2. The summed E-state index contributed by atoms with van der Waals surface area (Å²) in [6.45, 7) is 3.34. The molecule has 6 nitrogen and oxygen atoms in total. The van der Waals surface area contributed by atoms with Crippen molar-refractivity contribution >= 4 is 17.3 Å². The maximum Gasteiger partial charge on any atom is 0.241 e. The Hall–Kier alpha value is -3.11. The van der Waals surface area contributed by atoms with Crippen LogP contribution in [0.1, 0.15) is 6.42 Å². The van der Waals surface area contributed by atoms with Gasteiger partial charge in [-0.1, -0.05) is 24.3 Å². The van der Waals surface area contributed by atoms with E-state index in [4.69, 9.17) is 10.00 Å². The predicted octanol–water partition coefficient (Wildman–Crippen LogP) is 2.90. The van der Waals surface area contributed by atoms with Gasteiger partial charge >= 0.3 is 0 Å². The molecule has 1 aliphatic heterocycles. The van der Waals surface area contributed by atoms with Crippen LogP contribution in [0.15, 0.2) is 48.5 Å². The molecule has 1 saturated heterocycles. The van der Waals surface area contributed by atoms with Crippen molar-refractivity contribution in [1.82, 2.24) is 4.90 Å².